The number of nitriles is 1. The third-order valence-corrected chi connectivity index (χ3v) is 14.4. The Morgan fingerprint density at radius 3 is 1.00 bits per heavy atom. The van der Waals surface area contributed by atoms with Crippen LogP contribution in [0.2, 0.25) is 0 Å². The predicted molar refractivity (Wildman–Crippen MR) is 293 cm³/mol. The van der Waals surface area contributed by atoms with Crippen LogP contribution in [0.3, 0.4) is 0 Å². The molecule has 0 amide bonds. The number of halogens is 6. The van der Waals surface area contributed by atoms with Crippen molar-refractivity contribution in [2.75, 3.05) is 0 Å². The van der Waals surface area contributed by atoms with E-state index >= 15 is 0 Å². The summed E-state index contributed by atoms with van der Waals surface area (Å²) in [6.45, 7) is 12.5. The molecule has 0 unspecified atom stereocenters. The van der Waals surface area contributed by atoms with E-state index in [4.69, 9.17) is 6.57 Å². The number of hydrogen-bond donors (Lipinski definition) is 0. The van der Waals surface area contributed by atoms with Crippen LogP contribution >= 0.6 is 0 Å². The molecule has 0 aliphatic carbocycles. The molecule has 12 rings (SSSR count). The van der Waals surface area contributed by atoms with E-state index in [9.17, 15) is 31.6 Å². The minimum atomic E-state index is -4.47. The van der Waals surface area contributed by atoms with Crippen molar-refractivity contribution in [2.24, 2.45) is 0 Å². The maximum Gasteiger partial charge on any atom is 0.416 e. The zero-order valence-electron chi connectivity index (χ0n) is 40.7. The average Bonchev–Trinajstić information content (AvgIpc) is 3.94. The number of nitrogens with zero attached hydrogens (tertiary/aromatic N) is 4. The van der Waals surface area contributed by atoms with Gasteiger partial charge in [-0.2, -0.15) is 31.6 Å². The summed E-state index contributed by atoms with van der Waals surface area (Å²) in [7, 11) is 0. The van der Waals surface area contributed by atoms with Gasteiger partial charge in [0.2, 0.25) is 5.69 Å². The topological polar surface area (TPSA) is 38.0 Å². The van der Waals surface area contributed by atoms with Crippen molar-refractivity contribution < 1.29 is 26.3 Å². The van der Waals surface area contributed by atoms with Crippen LogP contribution in [-0.2, 0) is 12.4 Å². The molecular formula is C66H40F6N4. The first-order chi connectivity index (χ1) is 36.6. The van der Waals surface area contributed by atoms with Gasteiger partial charge in [-0.3, -0.25) is 0 Å². The Labute approximate surface area is 433 Å². The van der Waals surface area contributed by atoms with Crippen LogP contribution in [-0.4, -0.2) is 9.13 Å². The summed E-state index contributed by atoms with van der Waals surface area (Å²) in [5, 5.41) is 14.2. The van der Waals surface area contributed by atoms with E-state index in [1.807, 2.05) is 92.7 Å². The maximum absolute atomic E-state index is 13.6. The number of hydrogen-bond acceptors (Lipinski definition) is 1. The molecule has 0 atom stereocenters. The lowest BCUT2D eigenvalue weighted by Gasteiger charge is -2.15. The van der Waals surface area contributed by atoms with Gasteiger partial charge in [-0.15, -0.1) is 0 Å². The molecule has 2 heterocycles. The van der Waals surface area contributed by atoms with E-state index in [1.165, 1.54) is 24.3 Å². The quantitative estimate of drug-likeness (QED) is 0.116. The van der Waals surface area contributed by atoms with Gasteiger partial charge in [-0.1, -0.05) is 126 Å². The summed E-state index contributed by atoms with van der Waals surface area (Å²) in [5.74, 6) is 0. The van der Waals surface area contributed by atoms with E-state index in [2.05, 4.69) is 86.8 Å². The molecule has 76 heavy (non-hydrogen) atoms. The van der Waals surface area contributed by atoms with Crippen molar-refractivity contribution in [1.29, 1.82) is 5.26 Å². The fourth-order valence-electron chi connectivity index (χ4n) is 10.4. The zero-order valence-corrected chi connectivity index (χ0v) is 40.7. The summed E-state index contributed by atoms with van der Waals surface area (Å²) in [6, 6.07) is 64.6. The second-order valence-electron chi connectivity index (χ2n) is 19.1. The molecule has 0 N–H and O–H groups in total. The molecule has 0 saturated carbocycles. The second-order valence-corrected chi connectivity index (χ2v) is 19.1. The molecule has 0 aliphatic rings. The number of benzene rings is 10. The van der Waals surface area contributed by atoms with Crippen LogP contribution in [0.4, 0.5) is 32.0 Å². The van der Waals surface area contributed by atoms with Crippen molar-refractivity contribution in [3.05, 3.63) is 245 Å². The zero-order chi connectivity index (χ0) is 52.6. The molecule has 10 aromatic carbocycles. The molecule has 0 saturated heterocycles. The average molecular weight is 1000 g/mol. The lowest BCUT2D eigenvalue weighted by molar-refractivity contribution is -0.138. The van der Waals surface area contributed by atoms with Gasteiger partial charge in [-0.05, 0) is 160 Å². The molecule has 2 aromatic heterocycles. The first kappa shape index (κ1) is 47.4. The lowest BCUT2D eigenvalue weighted by Crippen LogP contribution is -2.03. The summed E-state index contributed by atoms with van der Waals surface area (Å²) in [5.41, 5.74) is 14.3. The first-order valence-corrected chi connectivity index (χ1v) is 24.4. The normalized spacial score (nSPS) is 11.9. The predicted octanol–water partition coefficient (Wildman–Crippen LogP) is 19.3. The van der Waals surface area contributed by atoms with E-state index in [0.29, 0.717) is 33.8 Å². The molecule has 12 aromatic rings. The van der Waals surface area contributed by atoms with E-state index in [1.54, 1.807) is 12.1 Å². The van der Waals surface area contributed by atoms with Crippen LogP contribution in [0.25, 0.3) is 115 Å². The van der Waals surface area contributed by atoms with Crippen LogP contribution in [0.1, 0.15) is 27.8 Å². The van der Waals surface area contributed by atoms with Gasteiger partial charge in [-0.25, -0.2) is 4.85 Å². The largest absolute Gasteiger partial charge is 0.416 e. The van der Waals surface area contributed by atoms with Crippen LogP contribution < -0.4 is 0 Å². The number of fused-ring (bicyclic) bond motifs is 6. The smallest absolute Gasteiger partial charge is 0.319 e. The SMILES string of the molecule is [C-]#[N+]c1ccc(-c2ccc(C#N)c(-n3c4ccc(-c5ccc(C)cc5)cc4c4cc(-c5ccc(C(F)(F)F)cc5)ccc43)c2)cc1-n1c2ccc(-c3ccc(C)cc3)cc2c2cc(-c3ccc(C(F)(F)F)cc3)ccc21. The number of alkyl halides is 6. The molecule has 10 heteroatoms. The molecule has 0 aliphatic heterocycles. The van der Waals surface area contributed by atoms with Gasteiger partial charge in [0.05, 0.1) is 56.7 Å². The van der Waals surface area contributed by atoms with Crippen LogP contribution in [0, 0.1) is 31.8 Å². The van der Waals surface area contributed by atoms with Crippen molar-refractivity contribution >= 4 is 49.3 Å². The monoisotopic (exact) mass is 1000 g/mol. The Morgan fingerprint density at radius 2 is 0.658 bits per heavy atom. The Hall–Kier alpha value is -9.64. The summed E-state index contributed by atoms with van der Waals surface area (Å²) in [4.78, 5) is 4.01. The van der Waals surface area contributed by atoms with Gasteiger partial charge >= 0.3 is 12.4 Å². The Balaban J connectivity index is 1.03. The standard InChI is InChI=1S/C66H40F6N4/c1-39-4-8-41(9-5-39)45-19-28-59-54(32-45)55-34-47(43-14-23-52(24-15-43)65(67,68)69)20-29-60(55)75(59)63-36-49(12-13-51(63)38-73)50-18-27-58(74-3)64(37-50)76-61-30-21-46(42-10-6-40(2)7-11-42)33-56(61)57-35-48(22-31-62(57)76)44-16-25-53(26-17-44)66(70,71)72/h4-37H,1-2H3. The van der Waals surface area contributed by atoms with Crippen LogP contribution in [0.5, 0.6) is 0 Å². The van der Waals surface area contributed by atoms with Gasteiger partial charge in [0, 0.05) is 21.5 Å². The fourth-order valence-corrected chi connectivity index (χ4v) is 10.4. The molecule has 4 nitrogen and oxygen atoms in total. The summed E-state index contributed by atoms with van der Waals surface area (Å²) < 4.78 is 85.7. The van der Waals surface area contributed by atoms with E-state index in [0.717, 1.165) is 124 Å². The fraction of sp³-hybridized carbons (Fsp3) is 0.0606. The molecule has 0 bridgehead atoms. The number of aromatic nitrogens is 2. The van der Waals surface area contributed by atoms with Gasteiger partial charge in [0.1, 0.15) is 6.07 Å². The summed E-state index contributed by atoms with van der Waals surface area (Å²) >= 11 is 0. The highest BCUT2D eigenvalue weighted by Gasteiger charge is 2.31. The van der Waals surface area contributed by atoms with Gasteiger partial charge < -0.3 is 9.13 Å². The Morgan fingerprint density at radius 1 is 0.368 bits per heavy atom. The minimum Gasteiger partial charge on any atom is -0.319 e. The van der Waals surface area contributed by atoms with Gasteiger partial charge in [0.15, 0.2) is 0 Å². The van der Waals surface area contributed by atoms with Crippen molar-refractivity contribution in [3.8, 4) is 73.1 Å². The van der Waals surface area contributed by atoms with Crippen LogP contribution in [0.15, 0.2) is 206 Å². The number of rotatable bonds is 7. The molecule has 0 radical (unpaired) electrons. The molecular weight excluding hydrogens is 963 g/mol. The van der Waals surface area contributed by atoms with Crippen molar-refractivity contribution in [3.63, 3.8) is 0 Å². The third-order valence-electron chi connectivity index (χ3n) is 14.4. The van der Waals surface area contributed by atoms with E-state index in [-0.39, 0.29) is 0 Å². The second kappa shape index (κ2) is 18.1. The Kier molecular flexibility index (Phi) is 11.3. The highest BCUT2D eigenvalue weighted by Crippen LogP contribution is 2.44. The van der Waals surface area contributed by atoms with Crippen molar-refractivity contribution in [2.45, 2.75) is 26.2 Å². The highest BCUT2D eigenvalue weighted by molar-refractivity contribution is 6.13. The van der Waals surface area contributed by atoms with E-state index < -0.39 is 23.5 Å². The molecule has 0 spiro atoms. The first-order valence-electron chi connectivity index (χ1n) is 24.4. The lowest BCUT2D eigenvalue weighted by atomic mass is 9.99. The summed E-state index contributed by atoms with van der Waals surface area (Å²) in [6.07, 6.45) is -8.94. The maximum atomic E-state index is 13.6. The minimum absolute atomic E-state index is 0.390. The van der Waals surface area contributed by atoms with Gasteiger partial charge in [0.25, 0.3) is 0 Å². The molecule has 366 valence electrons. The third kappa shape index (κ3) is 8.31. The van der Waals surface area contributed by atoms with Crippen molar-refractivity contribution in [1.82, 2.24) is 9.13 Å². The molecule has 0 fully saturated rings. The Bertz CT molecular complexity index is 4090. The highest BCUT2D eigenvalue weighted by atomic mass is 19.4. The number of aryl methyl sites for hydroxylation is 2.